The van der Waals surface area contributed by atoms with Crippen molar-refractivity contribution in [3.8, 4) is 0 Å². The number of aryl methyl sites for hydroxylation is 1. The van der Waals surface area contributed by atoms with E-state index in [4.69, 9.17) is 5.11 Å². The summed E-state index contributed by atoms with van der Waals surface area (Å²) in [6.45, 7) is 4.27. The van der Waals surface area contributed by atoms with E-state index < -0.39 is 0 Å². The van der Waals surface area contributed by atoms with Crippen molar-refractivity contribution in [2.24, 2.45) is 0 Å². The molecular weight excluding hydrogens is 344 g/mol. The third-order valence-electron chi connectivity index (χ3n) is 3.75. The van der Waals surface area contributed by atoms with Crippen LogP contribution in [0.25, 0.3) is 0 Å². The zero-order valence-electron chi connectivity index (χ0n) is 12.5. The average molecular weight is 363 g/mol. The number of aromatic nitrogens is 2. The Hall–Kier alpha value is -1.66. The molecule has 1 aliphatic heterocycles. The van der Waals surface area contributed by atoms with E-state index in [1.807, 2.05) is 13.0 Å². The van der Waals surface area contributed by atoms with E-state index >= 15 is 0 Å². The molecule has 22 heavy (non-hydrogen) atoms. The van der Waals surface area contributed by atoms with Crippen molar-refractivity contribution < 1.29 is 5.11 Å². The van der Waals surface area contributed by atoms with Crippen LogP contribution in [0, 0.1) is 6.92 Å². The Morgan fingerprint density at radius 3 is 2.95 bits per heavy atom. The molecule has 0 amide bonds. The summed E-state index contributed by atoms with van der Waals surface area (Å²) in [6, 6.07) is 8.42. The molecule has 0 saturated carbocycles. The Morgan fingerprint density at radius 2 is 2.14 bits per heavy atom. The molecule has 0 saturated heterocycles. The fraction of sp³-hybridized carbons (Fsp3) is 0.375. The number of fused-ring (bicyclic) bond motifs is 1. The van der Waals surface area contributed by atoms with E-state index in [1.54, 1.807) is 0 Å². The number of hydrogen-bond donors (Lipinski definition) is 2. The van der Waals surface area contributed by atoms with Crippen molar-refractivity contribution in [2.75, 3.05) is 29.9 Å². The second-order valence-electron chi connectivity index (χ2n) is 5.39. The van der Waals surface area contributed by atoms with E-state index in [0.717, 1.165) is 41.4 Å². The zero-order valence-corrected chi connectivity index (χ0v) is 14.1. The first-order chi connectivity index (χ1) is 10.7. The lowest BCUT2D eigenvalue weighted by Gasteiger charge is -2.30. The van der Waals surface area contributed by atoms with Gasteiger partial charge in [0.2, 0.25) is 0 Å². The molecule has 2 heterocycles. The summed E-state index contributed by atoms with van der Waals surface area (Å²) in [4.78, 5) is 11.2. The minimum atomic E-state index is 0.0868. The van der Waals surface area contributed by atoms with Crippen molar-refractivity contribution in [2.45, 2.75) is 19.9 Å². The van der Waals surface area contributed by atoms with E-state index in [-0.39, 0.29) is 6.61 Å². The number of benzene rings is 1. The molecule has 1 aromatic heterocycles. The van der Waals surface area contributed by atoms with E-state index in [0.29, 0.717) is 6.54 Å². The minimum absolute atomic E-state index is 0.0868. The summed E-state index contributed by atoms with van der Waals surface area (Å²) in [5.41, 5.74) is 2.74. The molecule has 5 nitrogen and oxygen atoms in total. The number of halogens is 1. The van der Waals surface area contributed by atoms with Crippen LogP contribution in [0.3, 0.4) is 0 Å². The molecule has 0 aliphatic carbocycles. The summed E-state index contributed by atoms with van der Waals surface area (Å²) in [5, 5.41) is 12.0. The van der Waals surface area contributed by atoms with Crippen LogP contribution in [0.5, 0.6) is 0 Å². The van der Waals surface area contributed by atoms with Gasteiger partial charge >= 0.3 is 0 Å². The van der Waals surface area contributed by atoms with Crippen molar-refractivity contribution in [3.05, 3.63) is 45.7 Å². The highest BCUT2D eigenvalue weighted by atomic mass is 79.9. The highest BCUT2D eigenvalue weighted by molar-refractivity contribution is 9.10. The second kappa shape index (κ2) is 6.62. The summed E-state index contributed by atoms with van der Waals surface area (Å²) >= 11 is 3.54. The van der Waals surface area contributed by atoms with Gasteiger partial charge in [-0.3, -0.25) is 0 Å². The Morgan fingerprint density at radius 1 is 1.27 bits per heavy atom. The van der Waals surface area contributed by atoms with E-state index in [1.165, 1.54) is 11.1 Å². The summed E-state index contributed by atoms with van der Waals surface area (Å²) in [5.74, 6) is 2.42. The Kier molecular flexibility index (Phi) is 4.59. The maximum absolute atomic E-state index is 8.93. The number of rotatable bonds is 4. The monoisotopic (exact) mass is 362 g/mol. The van der Waals surface area contributed by atoms with Crippen molar-refractivity contribution >= 4 is 27.6 Å². The average Bonchev–Trinajstić information content (AvgIpc) is 2.51. The first-order valence-electron chi connectivity index (χ1n) is 7.38. The van der Waals surface area contributed by atoms with Crippen LogP contribution in [0.15, 0.2) is 28.7 Å². The van der Waals surface area contributed by atoms with Gasteiger partial charge in [-0.05, 0) is 36.6 Å². The van der Waals surface area contributed by atoms with Crippen LogP contribution < -0.4 is 10.2 Å². The number of hydrogen-bond acceptors (Lipinski definition) is 5. The number of nitrogens with zero attached hydrogens (tertiary/aromatic N) is 3. The largest absolute Gasteiger partial charge is 0.395 e. The van der Waals surface area contributed by atoms with Crippen LogP contribution in [-0.4, -0.2) is 34.8 Å². The van der Waals surface area contributed by atoms with Crippen LogP contribution >= 0.6 is 15.9 Å². The normalized spacial score (nSPS) is 13.9. The molecule has 1 aliphatic rings. The standard InChI is InChI=1S/C16H19BrN4O/c1-11-19-15(18-5-7-22)9-16(20-11)21-6-4-12-2-3-14(17)8-13(12)10-21/h2-3,8-9,22H,4-7,10H2,1H3,(H,18,19,20). The highest BCUT2D eigenvalue weighted by Gasteiger charge is 2.18. The van der Waals surface area contributed by atoms with Gasteiger partial charge in [-0.2, -0.15) is 0 Å². The number of nitrogens with one attached hydrogen (secondary N) is 1. The Bertz CT molecular complexity index is 677. The van der Waals surface area contributed by atoms with Gasteiger partial charge in [-0.1, -0.05) is 22.0 Å². The molecule has 1 aromatic carbocycles. The fourth-order valence-corrected chi connectivity index (χ4v) is 3.12. The molecule has 6 heteroatoms. The lowest BCUT2D eigenvalue weighted by atomic mass is 10.00. The molecule has 0 bridgehead atoms. The predicted octanol–water partition coefficient (Wildman–Crippen LogP) is 2.51. The van der Waals surface area contributed by atoms with Crippen LogP contribution in [0.4, 0.5) is 11.6 Å². The fourth-order valence-electron chi connectivity index (χ4n) is 2.71. The van der Waals surface area contributed by atoms with Gasteiger partial charge in [0.15, 0.2) is 0 Å². The molecule has 0 radical (unpaired) electrons. The van der Waals surface area contributed by atoms with Crippen molar-refractivity contribution in [1.29, 1.82) is 0 Å². The number of aliphatic hydroxyl groups is 1. The molecule has 2 N–H and O–H groups in total. The molecule has 0 atom stereocenters. The second-order valence-corrected chi connectivity index (χ2v) is 6.31. The zero-order chi connectivity index (χ0) is 15.5. The van der Waals surface area contributed by atoms with Gasteiger partial charge in [-0.15, -0.1) is 0 Å². The molecule has 0 spiro atoms. The third kappa shape index (κ3) is 3.39. The predicted molar refractivity (Wildman–Crippen MR) is 91.2 cm³/mol. The highest BCUT2D eigenvalue weighted by Crippen LogP contribution is 2.26. The van der Waals surface area contributed by atoms with Crippen LogP contribution in [0.2, 0.25) is 0 Å². The quantitative estimate of drug-likeness (QED) is 0.874. The van der Waals surface area contributed by atoms with Gasteiger partial charge in [0, 0.05) is 30.2 Å². The Labute approximate surface area is 138 Å². The molecule has 0 fully saturated rings. The topological polar surface area (TPSA) is 61.3 Å². The summed E-state index contributed by atoms with van der Waals surface area (Å²) in [6.07, 6.45) is 1.02. The van der Waals surface area contributed by atoms with Gasteiger partial charge in [0.25, 0.3) is 0 Å². The molecular formula is C16H19BrN4O. The Balaban J connectivity index is 1.84. The lowest BCUT2D eigenvalue weighted by molar-refractivity contribution is 0.311. The number of aliphatic hydroxyl groups excluding tert-OH is 1. The molecule has 116 valence electrons. The maximum Gasteiger partial charge on any atom is 0.134 e. The van der Waals surface area contributed by atoms with Crippen molar-refractivity contribution in [3.63, 3.8) is 0 Å². The summed E-state index contributed by atoms with van der Waals surface area (Å²) in [7, 11) is 0. The smallest absolute Gasteiger partial charge is 0.134 e. The first kappa shape index (κ1) is 15.2. The van der Waals surface area contributed by atoms with E-state index in [9.17, 15) is 0 Å². The molecule has 3 rings (SSSR count). The van der Waals surface area contributed by atoms with Gasteiger partial charge in [-0.25, -0.2) is 9.97 Å². The summed E-state index contributed by atoms with van der Waals surface area (Å²) < 4.78 is 1.11. The first-order valence-corrected chi connectivity index (χ1v) is 8.17. The van der Waals surface area contributed by atoms with Crippen molar-refractivity contribution in [1.82, 2.24) is 9.97 Å². The lowest BCUT2D eigenvalue weighted by Crippen LogP contribution is -2.31. The van der Waals surface area contributed by atoms with Gasteiger partial charge in [0.1, 0.15) is 17.5 Å². The van der Waals surface area contributed by atoms with Gasteiger partial charge in [0.05, 0.1) is 6.61 Å². The number of anilines is 2. The third-order valence-corrected chi connectivity index (χ3v) is 4.24. The SMILES string of the molecule is Cc1nc(NCCO)cc(N2CCc3ccc(Br)cc3C2)n1. The molecule has 2 aromatic rings. The van der Waals surface area contributed by atoms with Crippen LogP contribution in [-0.2, 0) is 13.0 Å². The minimum Gasteiger partial charge on any atom is -0.395 e. The van der Waals surface area contributed by atoms with Gasteiger partial charge < -0.3 is 15.3 Å². The maximum atomic E-state index is 8.93. The van der Waals surface area contributed by atoms with Crippen LogP contribution in [0.1, 0.15) is 17.0 Å². The molecule has 0 unspecified atom stereocenters. The van der Waals surface area contributed by atoms with E-state index in [2.05, 4.69) is 54.3 Å².